The summed E-state index contributed by atoms with van der Waals surface area (Å²) >= 11 is 1.69. The van der Waals surface area contributed by atoms with E-state index in [2.05, 4.69) is 30.5 Å². The zero-order valence-electron chi connectivity index (χ0n) is 17.7. The Hall–Kier alpha value is -2.06. The molecular formula is C23H25F4N3S. The van der Waals surface area contributed by atoms with Crippen LogP contribution >= 0.6 is 11.9 Å². The molecule has 0 aliphatic heterocycles. The van der Waals surface area contributed by atoms with Crippen LogP contribution in [-0.2, 0) is 19.3 Å². The van der Waals surface area contributed by atoms with Crippen molar-refractivity contribution in [3.8, 4) is 11.1 Å². The van der Waals surface area contributed by atoms with Crippen LogP contribution in [0.5, 0.6) is 0 Å². The van der Waals surface area contributed by atoms with Crippen molar-refractivity contribution in [3.05, 3.63) is 53.7 Å². The summed E-state index contributed by atoms with van der Waals surface area (Å²) in [5.74, 6) is -0.685. The van der Waals surface area contributed by atoms with Crippen molar-refractivity contribution in [3.63, 3.8) is 0 Å². The maximum absolute atomic E-state index is 15.1. The zero-order valence-corrected chi connectivity index (χ0v) is 18.5. The van der Waals surface area contributed by atoms with Gasteiger partial charge in [-0.1, -0.05) is 32.7 Å². The highest BCUT2D eigenvalue weighted by Crippen LogP contribution is 2.39. The van der Waals surface area contributed by atoms with Crippen molar-refractivity contribution in [1.82, 2.24) is 14.3 Å². The minimum atomic E-state index is -4.60. The number of aromatic nitrogens is 2. The molecule has 31 heavy (non-hydrogen) atoms. The molecule has 0 spiro atoms. The summed E-state index contributed by atoms with van der Waals surface area (Å²) in [6.07, 6.45) is 1.95. The smallest absolute Gasteiger partial charge is 0.347 e. The Labute approximate surface area is 183 Å². The molecule has 1 aromatic carbocycles. The summed E-state index contributed by atoms with van der Waals surface area (Å²) in [6, 6.07) is 3.77. The SMILES string of the molecule is CC(C)(C)Cn1cc(CNSC2CC2)c2cc(F)c(-c3cnccc3C(F)(F)F)cc21. The highest BCUT2D eigenvalue weighted by Gasteiger charge is 2.34. The van der Waals surface area contributed by atoms with E-state index in [4.69, 9.17) is 0 Å². The van der Waals surface area contributed by atoms with Crippen LogP contribution in [0.25, 0.3) is 22.0 Å². The van der Waals surface area contributed by atoms with Gasteiger partial charge < -0.3 is 4.57 Å². The normalized spacial score (nSPS) is 15.1. The molecule has 8 heteroatoms. The fraction of sp³-hybridized carbons (Fsp3) is 0.435. The van der Waals surface area contributed by atoms with Crippen molar-refractivity contribution in [1.29, 1.82) is 0 Å². The van der Waals surface area contributed by atoms with Gasteiger partial charge in [-0.3, -0.25) is 9.71 Å². The topological polar surface area (TPSA) is 29.9 Å². The molecule has 166 valence electrons. The van der Waals surface area contributed by atoms with Crippen LogP contribution < -0.4 is 4.72 Å². The molecule has 1 aliphatic rings. The van der Waals surface area contributed by atoms with E-state index in [9.17, 15) is 13.2 Å². The van der Waals surface area contributed by atoms with E-state index in [1.807, 2.05) is 10.8 Å². The Morgan fingerprint density at radius 1 is 1.16 bits per heavy atom. The molecule has 2 heterocycles. The quantitative estimate of drug-likeness (QED) is 0.330. The minimum Gasteiger partial charge on any atom is -0.347 e. The van der Waals surface area contributed by atoms with E-state index < -0.39 is 17.6 Å². The number of hydrogen-bond donors (Lipinski definition) is 1. The predicted molar refractivity (Wildman–Crippen MR) is 117 cm³/mol. The molecule has 3 aromatic rings. The van der Waals surface area contributed by atoms with Gasteiger partial charge in [-0.05, 0) is 42.0 Å². The highest BCUT2D eigenvalue weighted by atomic mass is 32.2. The summed E-state index contributed by atoms with van der Waals surface area (Å²) < 4.78 is 61.1. The molecule has 0 saturated heterocycles. The van der Waals surface area contributed by atoms with E-state index in [1.165, 1.54) is 25.0 Å². The lowest BCUT2D eigenvalue weighted by atomic mass is 9.96. The van der Waals surface area contributed by atoms with Crippen LogP contribution in [0, 0.1) is 11.2 Å². The largest absolute Gasteiger partial charge is 0.417 e. The number of halogens is 4. The second-order valence-corrected chi connectivity index (χ2v) is 10.4. The van der Waals surface area contributed by atoms with Crippen LogP contribution in [0.3, 0.4) is 0 Å². The van der Waals surface area contributed by atoms with Crippen molar-refractivity contribution >= 4 is 22.9 Å². The molecule has 0 unspecified atom stereocenters. The van der Waals surface area contributed by atoms with Crippen LogP contribution in [-0.4, -0.2) is 14.8 Å². The number of rotatable bonds is 6. The monoisotopic (exact) mass is 451 g/mol. The molecule has 4 rings (SSSR count). The molecule has 0 amide bonds. The maximum atomic E-state index is 15.1. The summed E-state index contributed by atoms with van der Waals surface area (Å²) in [4.78, 5) is 3.82. The fourth-order valence-corrected chi connectivity index (χ4v) is 4.50. The van der Waals surface area contributed by atoms with Crippen molar-refractivity contribution < 1.29 is 17.6 Å². The molecular weight excluding hydrogens is 426 g/mol. The lowest BCUT2D eigenvalue weighted by Gasteiger charge is -2.20. The Morgan fingerprint density at radius 3 is 2.55 bits per heavy atom. The first-order valence-corrected chi connectivity index (χ1v) is 11.1. The Balaban J connectivity index is 1.82. The lowest BCUT2D eigenvalue weighted by Crippen LogP contribution is -2.14. The maximum Gasteiger partial charge on any atom is 0.417 e. The van der Waals surface area contributed by atoms with E-state index in [1.54, 1.807) is 11.9 Å². The van der Waals surface area contributed by atoms with Gasteiger partial charge in [0.25, 0.3) is 0 Å². The first-order valence-electron chi connectivity index (χ1n) is 10.2. The molecule has 2 aromatic heterocycles. The lowest BCUT2D eigenvalue weighted by molar-refractivity contribution is -0.137. The number of pyridine rings is 1. The van der Waals surface area contributed by atoms with Gasteiger partial charge in [-0.2, -0.15) is 13.2 Å². The van der Waals surface area contributed by atoms with E-state index in [0.29, 0.717) is 23.7 Å². The molecule has 3 nitrogen and oxygen atoms in total. The number of nitrogens with zero attached hydrogens (tertiary/aromatic N) is 2. The van der Waals surface area contributed by atoms with Crippen molar-refractivity contribution in [2.45, 2.75) is 58.1 Å². The first kappa shape index (κ1) is 22.1. The second kappa shape index (κ2) is 8.13. The number of fused-ring (bicyclic) bond motifs is 1. The third-order valence-corrected chi connectivity index (χ3v) is 6.27. The van der Waals surface area contributed by atoms with Gasteiger partial charge in [0, 0.05) is 59.0 Å². The second-order valence-electron chi connectivity index (χ2n) is 9.25. The Kier molecular flexibility index (Phi) is 5.81. The van der Waals surface area contributed by atoms with E-state index >= 15 is 4.39 Å². The van der Waals surface area contributed by atoms with Gasteiger partial charge in [0.05, 0.1) is 5.56 Å². The van der Waals surface area contributed by atoms with Crippen molar-refractivity contribution in [2.24, 2.45) is 5.41 Å². The predicted octanol–water partition coefficient (Wildman–Crippen LogP) is 6.81. The molecule has 1 fully saturated rings. The van der Waals surface area contributed by atoms with Gasteiger partial charge in [-0.15, -0.1) is 0 Å². The van der Waals surface area contributed by atoms with Crippen LogP contribution in [0.4, 0.5) is 17.6 Å². The van der Waals surface area contributed by atoms with Gasteiger partial charge in [-0.25, -0.2) is 4.39 Å². The van der Waals surface area contributed by atoms with Crippen LogP contribution in [0.15, 0.2) is 36.8 Å². The van der Waals surface area contributed by atoms with E-state index in [0.717, 1.165) is 29.5 Å². The number of nitrogens with one attached hydrogen (secondary N) is 1. The number of alkyl halides is 3. The fourth-order valence-electron chi connectivity index (χ4n) is 3.65. The van der Waals surface area contributed by atoms with Gasteiger partial charge in [0.1, 0.15) is 5.82 Å². The van der Waals surface area contributed by atoms with Gasteiger partial charge >= 0.3 is 6.18 Å². The molecule has 1 aliphatic carbocycles. The molecule has 1 N–H and O–H groups in total. The summed E-state index contributed by atoms with van der Waals surface area (Å²) in [7, 11) is 0. The molecule has 0 radical (unpaired) electrons. The van der Waals surface area contributed by atoms with Crippen molar-refractivity contribution in [2.75, 3.05) is 0 Å². The first-order chi connectivity index (χ1) is 14.5. The zero-order chi connectivity index (χ0) is 22.4. The van der Waals surface area contributed by atoms with Gasteiger partial charge in [0.2, 0.25) is 0 Å². The minimum absolute atomic E-state index is 0.0562. The number of benzene rings is 1. The van der Waals surface area contributed by atoms with Crippen LogP contribution in [0.1, 0.15) is 44.7 Å². The average molecular weight is 452 g/mol. The summed E-state index contributed by atoms with van der Waals surface area (Å²) in [5.41, 5.74) is 0.364. The molecule has 0 atom stereocenters. The third-order valence-electron chi connectivity index (χ3n) is 5.15. The average Bonchev–Trinajstić information content (AvgIpc) is 3.43. The molecule has 0 bridgehead atoms. The van der Waals surface area contributed by atoms with E-state index in [-0.39, 0.29) is 16.5 Å². The summed E-state index contributed by atoms with van der Waals surface area (Å²) in [6.45, 7) is 7.49. The highest BCUT2D eigenvalue weighted by molar-refractivity contribution is 7.98. The summed E-state index contributed by atoms with van der Waals surface area (Å²) in [5, 5.41) is 1.35. The van der Waals surface area contributed by atoms with Gasteiger partial charge in [0.15, 0.2) is 0 Å². The standard InChI is InChI=1S/C23H25F4N3S/c1-22(2,3)13-30-12-14(10-29-31-15-4-5-15)16-8-20(24)17(9-21(16)30)18-11-28-7-6-19(18)23(25,26)27/h6-9,11-12,15,29H,4-5,10,13H2,1-3H3. The Bertz CT molecular complexity index is 1090. The molecule has 1 saturated carbocycles. The number of hydrogen-bond acceptors (Lipinski definition) is 3. The third kappa shape index (κ3) is 5.06. The Morgan fingerprint density at radius 2 is 1.90 bits per heavy atom. The van der Waals surface area contributed by atoms with Crippen LogP contribution in [0.2, 0.25) is 0 Å².